The number of carbonyl (C=O) groups excluding carboxylic acids is 1. The molecule has 2 fully saturated rings. The Labute approximate surface area is 97.5 Å². The van der Waals surface area contributed by atoms with Gasteiger partial charge in [0.25, 0.3) is 0 Å². The van der Waals surface area contributed by atoms with Crippen LogP contribution in [-0.4, -0.2) is 25.7 Å². The van der Waals surface area contributed by atoms with Gasteiger partial charge in [-0.1, -0.05) is 6.42 Å². The summed E-state index contributed by atoms with van der Waals surface area (Å²) in [6.07, 6.45) is 7.54. The zero-order valence-corrected chi connectivity index (χ0v) is 10.6. The van der Waals surface area contributed by atoms with Gasteiger partial charge in [0.05, 0.1) is 5.25 Å². The second kappa shape index (κ2) is 4.47. The predicted molar refractivity (Wildman–Crippen MR) is 62.9 cm³/mol. The first-order chi connectivity index (χ1) is 7.47. The third-order valence-electron chi connectivity index (χ3n) is 3.86. The molecule has 0 aliphatic heterocycles. The summed E-state index contributed by atoms with van der Waals surface area (Å²) >= 11 is 0. The fourth-order valence-corrected chi connectivity index (χ4v) is 3.89. The predicted octanol–water partition coefficient (Wildman–Crippen LogP) is 1.96. The molecule has 16 heavy (non-hydrogen) atoms. The van der Waals surface area contributed by atoms with E-state index in [9.17, 15) is 13.2 Å². The van der Waals surface area contributed by atoms with Crippen LogP contribution in [-0.2, 0) is 14.6 Å². The van der Waals surface area contributed by atoms with Crippen molar-refractivity contribution in [3.8, 4) is 0 Å². The van der Waals surface area contributed by atoms with Crippen LogP contribution in [0.25, 0.3) is 0 Å². The Bertz CT molecular complexity index is 368. The second-order valence-corrected chi connectivity index (χ2v) is 7.75. The van der Waals surface area contributed by atoms with Crippen LogP contribution in [0.1, 0.15) is 44.9 Å². The van der Waals surface area contributed by atoms with Crippen LogP contribution >= 0.6 is 0 Å². The molecule has 0 aromatic heterocycles. The van der Waals surface area contributed by atoms with E-state index in [1.807, 2.05) is 0 Å². The molecule has 2 unspecified atom stereocenters. The molecule has 0 aromatic carbocycles. The van der Waals surface area contributed by atoms with E-state index in [0.29, 0.717) is 30.5 Å². The lowest BCUT2D eigenvalue weighted by Crippen LogP contribution is -2.28. The van der Waals surface area contributed by atoms with Gasteiger partial charge in [-0.25, -0.2) is 8.42 Å². The summed E-state index contributed by atoms with van der Waals surface area (Å²) < 4.78 is 23.0. The number of hydrogen-bond acceptors (Lipinski definition) is 3. The molecular weight excluding hydrogens is 224 g/mol. The van der Waals surface area contributed by atoms with Gasteiger partial charge < -0.3 is 0 Å². The molecule has 0 radical (unpaired) electrons. The molecule has 4 heteroatoms. The molecule has 2 aliphatic rings. The van der Waals surface area contributed by atoms with Crippen molar-refractivity contribution in [1.29, 1.82) is 0 Å². The van der Waals surface area contributed by atoms with Gasteiger partial charge in [-0.3, -0.25) is 4.79 Å². The van der Waals surface area contributed by atoms with Crippen molar-refractivity contribution in [2.45, 2.75) is 50.2 Å². The highest BCUT2D eigenvalue weighted by molar-refractivity contribution is 7.91. The average molecular weight is 244 g/mol. The van der Waals surface area contributed by atoms with Crippen LogP contribution in [0.3, 0.4) is 0 Å². The van der Waals surface area contributed by atoms with Crippen molar-refractivity contribution in [2.75, 3.05) is 6.26 Å². The first-order valence-corrected chi connectivity index (χ1v) is 8.14. The fourth-order valence-electron chi connectivity index (χ4n) is 2.67. The van der Waals surface area contributed by atoms with Crippen LogP contribution in [0.15, 0.2) is 0 Å². The first kappa shape index (κ1) is 12.1. The van der Waals surface area contributed by atoms with Gasteiger partial charge in [0, 0.05) is 18.6 Å². The maximum Gasteiger partial charge on any atom is 0.150 e. The van der Waals surface area contributed by atoms with Crippen molar-refractivity contribution >= 4 is 15.6 Å². The molecule has 0 saturated heterocycles. The summed E-state index contributed by atoms with van der Waals surface area (Å²) in [5, 5.41) is -0.196. The number of Topliss-reactive ketones (excluding diaryl/α,β-unsaturated/α-hetero) is 1. The molecule has 0 N–H and O–H groups in total. The third-order valence-corrected chi connectivity index (χ3v) is 5.50. The first-order valence-electron chi connectivity index (χ1n) is 6.18. The van der Waals surface area contributed by atoms with E-state index < -0.39 is 9.84 Å². The number of sulfone groups is 1. The van der Waals surface area contributed by atoms with Gasteiger partial charge in [-0.15, -0.1) is 0 Å². The summed E-state index contributed by atoms with van der Waals surface area (Å²) in [6, 6.07) is 0. The minimum Gasteiger partial charge on any atom is -0.299 e. The zero-order chi connectivity index (χ0) is 11.8. The van der Waals surface area contributed by atoms with E-state index in [0.717, 1.165) is 32.1 Å². The van der Waals surface area contributed by atoms with Crippen molar-refractivity contribution in [1.82, 2.24) is 0 Å². The van der Waals surface area contributed by atoms with E-state index in [1.54, 1.807) is 0 Å². The highest BCUT2D eigenvalue weighted by Crippen LogP contribution is 2.36. The highest BCUT2D eigenvalue weighted by Gasteiger charge is 2.34. The zero-order valence-electron chi connectivity index (χ0n) is 9.81. The number of hydrogen-bond donors (Lipinski definition) is 0. The Hall–Kier alpha value is -0.380. The molecule has 2 atom stereocenters. The van der Waals surface area contributed by atoms with E-state index in [4.69, 9.17) is 0 Å². The number of rotatable bonds is 4. The maximum atomic E-state index is 11.7. The Balaban J connectivity index is 1.88. The van der Waals surface area contributed by atoms with Gasteiger partial charge in [0.1, 0.15) is 15.6 Å². The lowest BCUT2D eigenvalue weighted by Gasteiger charge is -2.27. The number of carbonyl (C=O) groups is 1. The molecular formula is C12H20O3S. The standard InChI is InChI=1S/C12H20O3S/c1-16(14,15)11-4-2-3-9(7-11)8-12(13)10-5-6-10/h9-11H,2-8H2,1H3. The Morgan fingerprint density at radius 3 is 2.44 bits per heavy atom. The normalized spacial score (nSPS) is 31.3. The molecule has 3 nitrogen and oxygen atoms in total. The van der Waals surface area contributed by atoms with E-state index >= 15 is 0 Å². The average Bonchev–Trinajstić information content (AvgIpc) is 2.99. The molecule has 2 rings (SSSR count). The SMILES string of the molecule is CS(=O)(=O)C1CCCC(CC(=O)C2CC2)C1. The molecule has 2 aliphatic carbocycles. The van der Waals surface area contributed by atoms with Crippen molar-refractivity contribution < 1.29 is 13.2 Å². The van der Waals surface area contributed by atoms with Crippen LogP contribution in [0.2, 0.25) is 0 Å². The molecule has 0 spiro atoms. The Kier molecular flexibility index (Phi) is 3.38. The van der Waals surface area contributed by atoms with E-state index in [2.05, 4.69) is 0 Å². The van der Waals surface area contributed by atoms with E-state index in [1.165, 1.54) is 6.26 Å². The Morgan fingerprint density at radius 2 is 1.88 bits per heavy atom. The minimum atomic E-state index is -2.91. The lowest BCUT2D eigenvalue weighted by molar-refractivity contribution is -0.121. The highest BCUT2D eigenvalue weighted by atomic mass is 32.2. The van der Waals surface area contributed by atoms with Crippen LogP contribution < -0.4 is 0 Å². The lowest BCUT2D eigenvalue weighted by atomic mass is 9.85. The van der Waals surface area contributed by atoms with Gasteiger partial charge in [0.15, 0.2) is 0 Å². The summed E-state index contributed by atoms with van der Waals surface area (Å²) in [6.45, 7) is 0. The molecule has 2 saturated carbocycles. The van der Waals surface area contributed by atoms with Crippen molar-refractivity contribution in [3.05, 3.63) is 0 Å². The molecule has 92 valence electrons. The van der Waals surface area contributed by atoms with Crippen molar-refractivity contribution in [3.63, 3.8) is 0 Å². The quantitative estimate of drug-likeness (QED) is 0.759. The molecule has 0 heterocycles. The smallest absolute Gasteiger partial charge is 0.150 e. The summed E-state index contributed by atoms with van der Waals surface area (Å²) in [7, 11) is -2.91. The van der Waals surface area contributed by atoms with Gasteiger partial charge >= 0.3 is 0 Å². The third kappa shape index (κ3) is 3.06. The van der Waals surface area contributed by atoms with Crippen molar-refractivity contribution in [2.24, 2.45) is 11.8 Å². The van der Waals surface area contributed by atoms with E-state index in [-0.39, 0.29) is 5.25 Å². The van der Waals surface area contributed by atoms with Gasteiger partial charge in [0.2, 0.25) is 0 Å². The van der Waals surface area contributed by atoms with Crippen LogP contribution in [0.4, 0.5) is 0 Å². The fraction of sp³-hybridized carbons (Fsp3) is 0.917. The summed E-state index contributed by atoms with van der Waals surface area (Å²) in [4.78, 5) is 11.7. The van der Waals surface area contributed by atoms with Gasteiger partial charge in [-0.05, 0) is 38.0 Å². The summed E-state index contributed by atoms with van der Waals surface area (Å²) in [5.41, 5.74) is 0. The monoisotopic (exact) mass is 244 g/mol. The maximum absolute atomic E-state index is 11.7. The van der Waals surface area contributed by atoms with Gasteiger partial charge in [-0.2, -0.15) is 0 Å². The second-order valence-electron chi connectivity index (χ2n) is 5.43. The van der Waals surface area contributed by atoms with Crippen LogP contribution in [0, 0.1) is 11.8 Å². The molecule has 0 bridgehead atoms. The molecule has 0 aromatic rings. The molecule has 0 amide bonds. The summed E-state index contributed by atoms with van der Waals surface area (Å²) in [5.74, 6) is 1.01. The largest absolute Gasteiger partial charge is 0.299 e. The topological polar surface area (TPSA) is 51.2 Å². The van der Waals surface area contributed by atoms with Crippen LogP contribution in [0.5, 0.6) is 0 Å². The number of ketones is 1. The minimum absolute atomic E-state index is 0.196. The Morgan fingerprint density at radius 1 is 1.19 bits per heavy atom.